The van der Waals surface area contributed by atoms with Crippen LogP contribution in [0.4, 0.5) is 19.1 Å². The summed E-state index contributed by atoms with van der Waals surface area (Å²) in [5, 5.41) is 0. The van der Waals surface area contributed by atoms with Crippen molar-refractivity contribution in [1.29, 1.82) is 0 Å². The summed E-state index contributed by atoms with van der Waals surface area (Å²) in [4.78, 5) is 18.8. The maximum atomic E-state index is 13.7. The van der Waals surface area contributed by atoms with Gasteiger partial charge in [0.05, 0.1) is 17.9 Å². The fourth-order valence-electron chi connectivity index (χ4n) is 3.82. The monoisotopic (exact) mass is 465 g/mol. The molecule has 0 N–H and O–H groups in total. The summed E-state index contributed by atoms with van der Waals surface area (Å²) < 4.78 is 47.0. The van der Waals surface area contributed by atoms with Crippen LogP contribution >= 0.6 is 12.4 Å². The van der Waals surface area contributed by atoms with E-state index in [1.807, 2.05) is 25.7 Å². The van der Waals surface area contributed by atoms with Crippen molar-refractivity contribution < 1.29 is 17.9 Å². The summed E-state index contributed by atoms with van der Waals surface area (Å²) in [6, 6.07) is 6.40. The zero-order chi connectivity index (χ0) is 22.2. The molecule has 0 saturated carbocycles. The number of hydrogen-bond donors (Lipinski definition) is 0. The Balaban J connectivity index is 0.00000289. The first-order valence-electron chi connectivity index (χ1n) is 9.95. The highest BCUT2D eigenvalue weighted by Gasteiger charge is 2.36. The Morgan fingerprint density at radius 2 is 1.72 bits per heavy atom. The highest BCUT2D eigenvalue weighted by atomic mass is 35.5. The minimum absolute atomic E-state index is 0. The molecule has 1 saturated heterocycles. The van der Waals surface area contributed by atoms with E-state index in [9.17, 15) is 13.2 Å². The van der Waals surface area contributed by atoms with Crippen LogP contribution in [0.1, 0.15) is 25.2 Å². The number of halogens is 4. The standard InChI is InChI=1S/C22H22F3N5O.ClH/c1-13-9-16(6-8-26-13)18-10-28-21(30-11-14(2)31-15(3)12-30)29-19(18)17-5-4-7-27-20(17)22(23,24)25;/h4-10,14-15H,11-12H2,1-3H3;1H. The number of hydrogen-bond acceptors (Lipinski definition) is 6. The molecule has 32 heavy (non-hydrogen) atoms. The number of morpholine rings is 1. The molecule has 1 aliphatic heterocycles. The zero-order valence-electron chi connectivity index (χ0n) is 17.8. The van der Waals surface area contributed by atoms with Crippen molar-refractivity contribution >= 4 is 18.4 Å². The molecule has 0 aromatic carbocycles. The van der Waals surface area contributed by atoms with Gasteiger partial charge in [-0.1, -0.05) is 0 Å². The van der Waals surface area contributed by atoms with Crippen molar-refractivity contribution in [2.24, 2.45) is 0 Å². The van der Waals surface area contributed by atoms with E-state index in [1.54, 1.807) is 24.5 Å². The first-order valence-corrected chi connectivity index (χ1v) is 9.95. The van der Waals surface area contributed by atoms with E-state index in [0.717, 1.165) is 11.9 Å². The van der Waals surface area contributed by atoms with Gasteiger partial charge in [0.15, 0.2) is 5.69 Å². The maximum Gasteiger partial charge on any atom is 0.434 e. The number of nitrogens with zero attached hydrogens (tertiary/aromatic N) is 5. The van der Waals surface area contributed by atoms with Gasteiger partial charge < -0.3 is 9.64 Å². The third-order valence-electron chi connectivity index (χ3n) is 5.02. The molecule has 4 rings (SSSR count). The summed E-state index contributed by atoms with van der Waals surface area (Å²) >= 11 is 0. The van der Waals surface area contributed by atoms with E-state index in [0.29, 0.717) is 30.2 Å². The van der Waals surface area contributed by atoms with Crippen LogP contribution in [0.3, 0.4) is 0 Å². The largest absolute Gasteiger partial charge is 0.434 e. The third-order valence-corrected chi connectivity index (χ3v) is 5.02. The molecule has 10 heteroatoms. The van der Waals surface area contributed by atoms with E-state index in [2.05, 4.69) is 19.9 Å². The predicted octanol–water partition coefficient (Wildman–Crippen LogP) is 4.96. The van der Waals surface area contributed by atoms with Crippen molar-refractivity contribution in [1.82, 2.24) is 19.9 Å². The highest BCUT2D eigenvalue weighted by molar-refractivity contribution is 5.85. The highest BCUT2D eigenvalue weighted by Crippen LogP contribution is 2.39. The van der Waals surface area contributed by atoms with Crippen LogP contribution in [0.2, 0.25) is 0 Å². The number of alkyl halides is 3. The minimum Gasteiger partial charge on any atom is -0.372 e. The molecule has 6 nitrogen and oxygen atoms in total. The number of aryl methyl sites for hydroxylation is 1. The lowest BCUT2D eigenvalue weighted by molar-refractivity contribution is -0.140. The number of ether oxygens (including phenoxy) is 1. The molecule has 3 aromatic heterocycles. The summed E-state index contributed by atoms with van der Waals surface area (Å²) in [5.74, 6) is 0.364. The van der Waals surface area contributed by atoms with Crippen LogP contribution in [0.15, 0.2) is 42.9 Å². The summed E-state index contributed by atoms with van der Waals surface area (Å²) in [5.41, 5.74) is 1.04. The van der Waals surface area contributed by atoms with Gasteiger partial charge in [-0.15, -0.1) is 12.4 Å². The molecule has 0 spiro atoms. The SMILES string of the molecule is Cc1cc(-c2cnc(N3CC(C)OC(C)C3)nc2-c2cccnc2C(F)(F)F)ccn1.Cl. The Bertz CT molecular complexity index is 1090. The van der Waals surface area contributed by atoms with E-state index in [-0.39, 0.29) is 35.9 Å². The van der Waals surface area contributed by atoms with Gasteiger partial charge in [0.1, 0.15) is 0 Å². The summed E-state index contributed by atoms with van der Waals surface area (Å²) in [7, 11) is 0. The van der Waals surface area contributed by atoms with E-state index in [1.165, 1.54) is 12.1 Å². The van der Waals surface area contributed by atoms with Crippen LogP contribution in [-0.2, 0) is 10.9 Å². The number of pyridine rings is 2. The van der Waals surface area contributed by atoms with Gasteiger partial charge in [-0.05, 0) is 50.6 Å². The molecule has 170 valence electrons. The van der Waals surface area contributed by atoms with Gasteiger partial charge in [-0.25, -0.2) is 9.97 Å². The van der Waals surface area contributed by atoms with Crippen molar-refractivity contribution in [3.8, 4) is 22.4 Å². The molecule has 0 amide bonds. The van der Waals surface area contributed by atoms with Gasteiger partial charge in [0.25, 0.3) is 0 Å². The molecule has 0 aliphatic carbocycles. The topological polar surface area (TPSA) is 64.0 Å². The summed E-state index contributed by atoms with van der Waals surface area (Å²) in [6.45, 7) is 6.81. The molecular formula is C22H23ClF3N5O. The van der Waals surface area contributed by atoms with Crippen LogP contribution in [0.25, 0.3) is 22.4 Å². The van der Waals surface area contributed by atoms with Crippen molar-refractivity contribution in [2.45, 2.75) is 39.2 Å². The number of anilines is 1. The fraction of sp³-hybridized carbons (Fsp3) is 0.364. The molecule has 1 aliphatic rings. The molecular weight excluding hydrogens is 443 g/mol. The molecule has 2 unspecified atom stereocenters. The second kappa shape index (κ2) is 9.38. The Kier molecular flexibility index (Phi) is 7.00. The smallest absolute Gasteiger partial charge is 0.372 e. The molecule has 3 aromatic rings. The van der Waals surface area contributed by atoms with Crippen LogP contribution in [0.5, 0.6) is 0 Å². The van der Waals surface area contributed by atoms with Gasteiger partial charge in [0.2, 0.25) is 5.95 Å². The molecule has 4 heterocycles. The first kappa shape index (κ1) is 23.9. The minimum atomic E-state index is -4.62. The quantitative estimate of drug-likeness (QED) is 0.544. The van der Waals surface area contributed by atoms with Crippen LogP contribution in [0, 0.1) is 6.92 Å². The van der Waals surface area contributed by atoms with Crippen molar-refractivity contribution in [2.75, 3.05) is 18.0 Å². The van der Waals surface area contributed by atoms with Gasteiger partial charge in [-0.2, -0.15) is 13.2 Å². The first-order chi connectivity index (χ1) is 14.7. The van der Waals surface area contributed by atoms with Gasteiger partial charge in [-0.3, -0.25) is 9.97 Å². The number of aromatic nitrogens is 4. The van der Waals surface area contributed by atoms with Gasteiger partial charge >= 0.3 is 6.18 Å². The van der Waals surface area contributed by atoms with E-state index >= 15 is 0 Å². The Morgan fingerprint density at radius 3 is 2.38 bits per heavy atom. The Labute approximate surface area is 190 Å². The lowest BCUT2D eigenvalue weighted by Crippen LogP contribution is -2.46. The third kappa shape index (κ3) is 4.99. The van der Waals surface area contributed by atoms with Crippen LogP contribution in [-0.4, -0.2) is 45.2 Å². The summed E-state index contributed by atoms with van der Waals surface area (Å²) in [6.07, 6.45) is -0.373. The van der Waals surface area contributed by atoms with Crippen LogP contribution < -0.4 is 4.90 Å². The molecule has 2 atom stereocenters. The fourth-order valence-corrected chi connectivity index (χ4v) is 3.82. The van der Waals surface area contributed by atoms with Crippen molar-refractivity contribution in [3.63, 3.8) is 0 Å². The average Bonchev–Trinajstić information content (AvgIpc) is 2.72. The lowest BCUT2D eigenvalue weighted by Gasteiger charge is -2.35. The molecule has 1 fully saturated rings. The second-order valence-electron chi connectivity index (χ2n) is 7.68. The molecule has 0 radical (unpaired) electrons. The maximum absolute atomic E-state index is 13.7. The van der Waals surface area contributed by atoms with Gasteiger partial charge in [0, 0.05) is 48.5 Å². The van der Waals surface area contributed by atoms with E-state index < -0.39 is 11.9 Å². The van der Waals surface area contributed by atoms with Crippen molar-refractivity contribution in [3.05, 3.63) is 54.2 Å². The van der Waals surface area contributed by atoms with E-state index in [4.69, 9.17) is 4.74 Å². The lowest BCUT2D eigenvalue weighted by atomic mass is 9.99. The molecule has 0 bridgehead atoms. The zero-order valence-corrected chi connectivity index (χ0v) is 18.6. The average molecular weight is 466 g/mol. The number of rotatable bonds is 3. The normalized spacial score (nSPS) is 18.9. The Hall–Kier alpha value is -2.78. The Morgan fingerprint density at radius 1 is 1.00 bits per heavy atom. The second-order valence-corrected chi connectivity index (χ2v) is 7.68. The predicted molar refractivity (Wildman–Crippen MR) is 118 cm³/mol.